The lowest BCUT2D eigenvalue weighted by molar-refractivity contribution is 0.0686. The van der Waals surface area contributed by atoms with Gasteiger partial charge in [0.15, 0.2) is 11.5 Å². The summed E-state index contributed by atoms with van der Waals surface area (Å²) in [7, 11) is 0. The van der Waals surface area contributed by atoms with Gasteiger partial charge in [-0.3, -0.25) is 0 Å². The van der Waals surface area contributed by atoms with Crippen molar-refractivity contribution < 1.29 is 18.8 Å². The van der Waals surface area contributed by atoms with E-state index >= 15 is 0 Å². The summed E-state index contributed by atoms with van der Waals surface area (Å²) in [5, 5.41) is 11.9. The van der Waals surface area contributed by atoms with E-state index in [4.69, 9.17) is 9.63 Å². The molecule has 0 aliphatic carbocycles. The molecule has 0 fully saturated rings. The molecule has 0 bridgehead atoms. The van der Waals surface area contributed by atoms with Crippen molar-refractivity contribution in [3.05, 3.63) is 41.8 Å². The maximum atomic E-state index is 13.3. The quantitative estimate of drug-likeness (QED) is 0.819. The average Bonchev–Trinajstić information content (AvgIpc) is 2.67. The van der Waals surface area contributed by atoms with Crippen LogP contribution in [0.5, 0.6) is 0 Å². The minimum absolute atomic E-state index is 0.102. The van der Waals surface area contributed by atoms with Crippen LogP contribution in [0.1, 0.15) is 10.5 Å². The highest BCUT2D eigenvalue weighted by Crippen LogP contribution is 2.22. The molecule has 0 amide bonds. The highest BCUT2D eigenvalue weighted by Gasteiger charge is 2.14. The van der Waals surface area contributed by atoms with Crippen molar-refractivity contribution in [1.82, 2.24) is 5.16 Å². The smallest absolute Gasteiger partial charge is 0.358 e. The van der Waals surface area contributed by atoms with Crippen molar-refractivity contribution in [3.63, 3.8) is 0 Å². The normalized spacial score (nSPS) is 10.2. The summed E-state index contributed by atoms with van der Waals surface area (Å²) in [5.41, 5.74) is -0.0502. The number of aromatic carboxylic acids is 1. The first-order chi connectivity index (χ1) is 7.18. The first-order valence-corrected chi connectivity index (χ1v) is 4.13. The molecular weight excluding hydrogens is 201 g/mol. The van der Waals surface area contributed by atoms with Crippen LogP contribution in [-0.2, 0) is 0 Å². The molecule has 2 rings (SSSR count). The molecule has 2 aromatic rings. The number of aromatic nitrogens is 1. The van der Waals surface area contributed by atoms with E-state index in [0.29, 0.717) is 0 Å². The zero-order valence-corrected chi connectivity index (χ0v) is 7.48. The van der Waals surface area contributed by atoms with E-state index in [2.05, 4.69) is 5.16 Å². The number of nitrogens with zero attached hydrogens (tertiary/aromatic N) is 1. The van der Waals surface area contributed by atoms with Crippen molar-refractivity contribution in [2.75, 3.05) is 0 Å². The van der Waals surface area contributed by atoms with Gasteiger partial charge >= 0.3 is 5.97 Å². The number of carbonyl (C=O) groups is 1. The molecule has 0 aliphatic rings. The fourth-order valence-corrected chi connectivity index (χ4v) is 1.16. The predicted octanol–water partition coefficient (Wildman–Crippen LogP) is 2.18. The molecule has 0 spiro atoms. The van der Waals surface area contributed by atoms with Crippen LogP contribution in [0.3, 0.4) is 0 Å². The third-order valence-corrected chi connectivity index (χ3v) is 1.87. The third kappa shape index (κ3) is 1.71. The topological polar surface area (TPSA) is 63.3 Å². The number of halogens is 1. The maximum absolute atomic E-state index is 13.3. The number of benzene rings is 1. The lowest BCUT2D eigenvalue weighted by atomic mass is 10.1. The number of rotatable bonds is 2. The van der Waals surface area contributed by atoms with Gasteiger partial charge in [-0.05, 0) is 12.1 Å². The molecule has 1 aromatic heterocycles. The molecule has 0 saturated carbocycles. The third-order valence-electron chi connectivity index (χ3n) is 1.87. The second-order valence-electron chi connectivity index (χ2n) is 2.86. The van der Waals surface area contributed by atoms with E-state index in [1.165, 1.54) is 24.3 Å². The van der Waals surface area contributed by atoms with Gasteiger partial charge in [0.25, 0.3) is 0 Å². The van der Waals surface area contributed by atoms with E-state index < -0.39 is 11.8 Å². The Labute approximate surface area is 83.9 Å². The molecule has 0 unspecified atom stereocenters. The summed E-state index contributed by atoms with van der Waals surface area (Å²) in [6.45, 7) is 0. The minimum atomic E-state index is -1.21. The lowest BCUT2D eigenvalue weighted by Gasteiger charge is -1.95. The van der Waals surface area contributed by atoms with Crippen molar-refractivity contribution in [1.29, 1.82) is 0 Å². The van der Waals surface area contributed by atoms with E-state index in [9.17, 15) is 9.18 Å². The van der Waals surface area contributed by atoms with Gasteiger partial charge < -0.3 is 9.63 Å². The van der Waals surface area contributed by atoms with Gasteiger partial charge in [-0.25, -0.2) is 9.18 Å². The van der Waals surface area contributed by atoms with E-state index in [-0.39, 0.29) is 17.0 Å². The van der Waals surface area contributed by atoms with Crippen LogP contribution in [0.2, 0.25) is 0 Å². The summed E-state index contributed by atoms with van der Waals surface area (Å²) in [6.07, 6.45) is 0. The second kappa shape index (κ2) is 3.53. The number of hydrogen-bond acceptors (Lipinski definition) is 3. The highest BCUT2D eigenvalue weighted by molar-refractivity contribution is 5.86. The molecule has 5 heteroatoms. The molecule has 4 nitrogen and oxygen atoms in total. The van der Waals surface area contributed by atoms with Crippen molar-refractivity contribution in [2.45, 2.75) is 0 Å². The molecular formula is C10H6FNO3. The van der Waals surface area contributed by atoms with Crippen LogP contribution in [0.4, 0.5) is 4.39 Å². The van der Waals surface area contributed by atoms with Gasteiger partial charge in [0.1, 0.15) is 5.82 Å². The SMILES string of the molecule is O=C(O)c1cc(-c2ccccc2F)on1. The van der Waals surface area contributed by atoms with Crippen molar-refractivity contribution in [3.8, 4) is 11.3 Å². The Hall–Kier alpha value is -2.17. The zero-order chi connectivity index (χ0) is 10.8. The summed E-state index contributed by atoms with van der Waals surface area (Å²) < 4.78 is 18.0. The standard InChI is InChI=1S/C10H6FNO3/c11-7-4-2-1-3-6(7)9-5-8(10(13)14)12-15-9/h1-5H,(H,13,14). The Morgan fingerprint density at radius 3 is 2.73 bits per heavy atom. The Kier molecular flexibility index (Phi) is 2.21. The van der Waals surface area contributed by atoms with Crippen LogP contribution >= 0.6 is 0 Å². The minimum Gasteiger partial charge on any atom is -0.476 e. The number of carboxylic acids is 1. The maximum Gasteiger partial charge on any atom is 0.358 e. The van der Waals surface area contributed by atoms with Gasteiger partial charge in [-0.1, -0.05) is 17.3 Å². The Morgan fingerprint density at radius 2 is 2.13 bits per heavy atom. The van der Waals surface area contributed by atoms with Crippen LogP contribution in [0, 0.1) is 5.82 Å². The van der Waals surface area contributed by atoms with E-state index in [1.807, 2.05) is 0 Å². The highest BCUT2D eigenvalue weighted by atomic mass is 19.1. The summed E-state index contributed by atoms with van der Waals surface area (Å²) >= 11 is 0. The van der Waals surface area contributed by atoms with E-state index in [1.54, 1.807) is 6.07 Å². The van der Waals surface area contributed by atoms with E-state index in [0.717, 1.165) is 0 Å². The zero-order valence-electron chi connectivity index (χ0n) is 7.48. The van der Waals surface area contributed by atoms with Crippen LogP contribution < -0.4 is 0 Å². The van der Waals surface area contributed by atoms with Crippen LogP contribution in [0.25, 0.3) is 11.3 Å². The Balaban J connectivity index is 2.46. The molecule has 0 aliphatic heterocycles. The molecule has 1 N–H and O–H groups in total. The van der Waals surface area contributed by atoms with Crippen LogP contribution in [0.15, 0.2) is 34.9 Å². The largest absolute Gasteiger partial charge is 0.476 e. The average molecular weight is 207 g/mol. The second-order valence-corrected chi connectivity index (χ2v) is 2.86. The number of hydrogen-bond donors (Lipinski definition) is 1. The molecule has 1 aromatic carbocycles. The van der Waals surface area contributed by atoms with Gasteiger partial charge in [-0.2, -0.15) is 0 Å². The summed E-state index contributed by atoms with van der Waals surface area (Å²) in [4.78, 5) is 10.5. The Bertz CT molecular complexity index is 507. The molecule has 0 radical (unpaired) electrons. The van der Waals surface area contributed by atoms with Gasteiger partial charge in [0.05, 0.1) is 5.56 Å². The summed E-state index contributed by atoms with van der Waals surface area (Å²) in [5.74, 6) is -1.59. The molecule has 0 atom stereocenters. The molecule has 15 heavy (non-hydrogen) atoms. The molecule has 1 heterocycles. The monoisotopic (exact) mass is 207 g/mol. The Morgan fingerprint density at radius 1 is 1.40 bits per heavy atom. The van der Waals surface area contributed by atoms with Gasteiger partial charge in [0.2, 0.25) is 0 Å². The molecule has 76 valence electrons. The van der Waals surface area contributed by atoms with Gasteiger partial charge in [0, 0.05) is 6.07 Å². The number of carboxylic acid groups (broad SMARTS) is 1. The van der Waals surface area contributed by atoms with Crippen LogP contribution in [-0.4, -0.2) is 16.2 Å². The predicted molar refractivity (Wildman–Crippen MR) is 48.9 cm³/mol. The fraction of sp³-hybridized carbons (Fsp3) is 0. The first kappa shape index (κ1) is 9.39. The first-order valence-electron chi connectivity index (χ1n) is 4.13. The fourth-order valence-electron chi connectivity index (χ4n) is 1.16. The lowest BCUT2D eigenvalue weighted by Crippen LogP contribution is -1.94. The summed E-state index contributed by atoms with van der Waals surface area (Å²) in [6, 6.07) is 7.09. The van der Waals surface area contributed by atoms with Crippen molar-refractivity contribution >= 4 is 5.97 Å². The van der Waals surface area contributed by atoms with Crippen molar-refractivity contribution in [2.24, 2.45) is 0 Å². The molecule has 0 saturated heterocycles. The van der Waals surface area contributed by atoms with Gasteiger partial charge in [-0.15, -0.1) is 0 Å².